The highest BCUT2D eigenvalue weighted by molar-refractivity contribution is 4.51. The molecule has 3 heteroatoms. The molecule has 0 saturated carbocycles. The van der Waals surface area contributed by atoms with Crippen molar-refractivity contribution in [3.8, 4) is 0 Å². The lowest BCUT2D eigenvalue weighted by Crippen LogP contribution is -2.22. The van der Waals surface area contributed by atoms with Gasteiger partial charge in [0.25, 0.3) is 0 Å². The van der Waals surface area contributed by atoms with Crippen LogP contribution in [0.1, 0.15) is 39.5 Å². The maximum Gasteiger partial charge on any atom is 0.0478 e. The first-order valence-electron chi connectivity index (χ1n) is 7.15. The molecule has 0 radical (unpaired) electrons. The van der Waals surface area contributed by atoms with Crippen molar-refractivity contribution < 1.29 is 4.74 Å². The smallest absolute Gasteiger partial charge is 0.0478 e. The van der Waals surface area contributed by atoms with E-state index < -0.39 is 0 Å². The predicted molar refractivity (Wildman–Crippen MR) is 75.6 cm³/mol. The van der Waals surface area contributed by atoms with Crippen LogP contribution in [-0.2, 0) is 4.74 Å². The maximum atomic E-state index is 5.64. The Balaban J connectivity index is 3.13. The van der Waals surface area contributed by atoms with Crippen LogP contribution >= 0.6 is 0 Å². The standard InChI is InChI=1S/C14H32N2O/c1-5-9-15(3)11-7-13-17-14-8-12-16(4)10-6-2/h5-14H2,1-4H3. The summed E-state index contributed by atoms with van der Waals surface area (Å²) in [6, 6.07) is 0. The quantitative estimate of drug-likeness (QED) is 0.491. The van der Waals surface area contributed by atoms with Gasteiger partial charge in [-0.05, 0) is 52.9 Å². The number of hydrogen-bond donors (Lipinski definition) is 0. The Morgan fingerprint density at radius 2 is 1.12 bits per heavy atom. The number of nitrogens with zero attached hydrogens (tertiary/aromatic N) is 2. The summed E-state index contributed by atoms with van der Waals surface area (Å²) in [5, 5.41) is 0. The van der Waals surface area contributed by atoms with Crippen molar-refractivity contribution in [2.75, 3.05) is 53.5 Å². The van der Waals surface area contributed by atoms with Gasteiger partial charge < -0.3 is 14.5 Å². The molecular formula is C14H32N2O. The summed E-state index contributed by atoms with van der Waals surface area (Å²) in [5.74, 6) is 0. The molecule has 104 valence electrons. The van der Waals surface area contributed by atoms with E-state index in [2.05, 4.69) is 37.7 Å². The molecule has 17 heavy (non-hydrogen) atoms. The third kappa shape index (κ3) is 12.1. The highest BCUT2D eigenvalue weighted by Gasteiger charge is 1.98. The molecule has 0 saturated heterocycles. The van der Waals surface area contributed by atoms with Crippen LogP contribution in [-0.4, -0.2) is 63.3 Å². The van der Waals surface area contributed by atoms with E-state index in [1.807, 2.05) is 0 Å². The van der Waals surface area contributed by atoms with Gasteiger partial charge in [-0.15, -0.1) is 0 Å². The molecule has 0 unspecified atom stereocenters. The summed E-state index contributed by atoms with van der Waals surface area (Å²) in [6.07, 6.45) is 4.78. The Labute approximate surface area is 108 Å². The van der Waals surface area contributed by atoms with Gasteiger partial charge in [0.05, 0.1) is 0 Å². The molecule has 0 bridgehead atoms. The van der Waals surface area contributed by atoms with Crippen LogP contribution in [0, 0.1) is 0 Å². The summed E-state index contributed by atoms with van der Waals surface area (Å²) >= 11 is 0. The minimum atomic E-state index is 0.908. The number of hydrogen-bond acceptors (Lipinski definition) is 3. The van der Waals surface area contributed by atoms with E-state index in [0.717, 1.165) is 39.1 Å². The molecule has 0 aromatic carbocycles. The van der Waals surface area contributed by atoms with Crippen LogP contribution < -0.4 is 0 Å². The van der Waals surface area contributed by atoms with Crippen molar-refractivity contribution in [3.63, 3.8) is 0 Å². The Bertz CT molecular complexity index is 137. The van der Waals surface area contributed by atoms with Gasteiger partial charge in [-0.25, -0.2) is 0 Å². The molecule has 0 atom stereocenters. The van der Waals surface area contributed by atoms with Crippen molar-refractivity contribution in [1.82, 2.24) is 9.80 Å². The van der Waals surface area contributed by atoms with Crippen LogP contribution in [0.25, 0.3) is 0 Å². The van der Waals surface area contributed by atoms with Gasteiger partial charge in [0, 0.05) is 26.3 Å². The monoisotopic (exact) mass is 244 g/mol. The van der Waals surface area contributed by atoms with E-state index in [-0.39, 0.29) is 0 Å². The highest BCUT2D eigenvalue weighted by Crippen LogP contribution is 1.93. The molecule has 0 N–H and O–H groups in total. The van der Waals surface area contributed by atoms with Gasteiger partial charge >= 0.3 is 0 Å². The van der Waals surface area contributed by atoms with Crippen LogP contribution in [0.15, 0.2) is 0 Å². The second kappa shape index (κ2) is 12.3. The Morgan fingerprint density at radius 1 is 0.706 bits per heavy atom. The zero-order valence-electron chi connectivity index (χ0n) is 12.4. The van der Waals surface area contributed by atoms with E-state index in [0.29, 0.717) is 0 Å². The fraction of sp³-hybridized carbons (Fsp3) is 1.00. The third-order valence-corrected chi connectivity index (χ3v) is 2.87. The van der Waals surface area contributed by atoms with Gasteiger partial charge in [-0.1, -0.05) is 13.8 Å². The second-order valence-electron chi connectivity index (χ2n) is 4.93. The van der Waals surface area contributed by atoms with Crippen molar-refractivity contribution in [2.45, 2.75) is 39.5 Å². The van der Waals surface area contributed by atoms with Crippen molar-refractivity contribution in [3.05, 3.63) is 0 Å². The molecule has 0 aliphatic rings. The lowest BCUT2D eigenvalue weighted by Gasteiger charge is -2.16. The highest BCUT2D eigenvalue weighted by atomic mass is 16.5. The van der Waals surface area contributed by atoms with Crippen LogP contribution in [0.4, 0.5) is 0 Å². The summed E-state index contributed by atoms with van der Waals surface area (Å²) in [6.45, 7) is 11.0. The van der Waals surface area contributed by atoms with Crippen molar-refractivity contribution >= 4 is 0 Å². The lowest BCUT2D eigenvalue weighted by molar-refractivity contribution is 0.114. The number of ether oxygens (including phenoxy) is 1. The molecule has 3 nitrogen and oxygen atoms in total. The summed E-state index contributed by atoms with van der Waals surface area (Å²) in [5.41, 5.74) is 0. The normalized spacial score (nSPS) is 11.6. The molecule has 0 aromatic rings. The van der Waals surface area contributed by atoms with Crippen LogP contribution in [0.5, 0.6) is 0 Å². The first kappa shape index (κ1) is 16.9. The topological polar surface area (TPSA) is 15.7 Å². The first-order chi connectivity index (χ1) is 8.20. The zero-order valence-corrected chi connectivity index (χ0v) is 12.4. The third-order valence-electron chi connectivity index (χ3n) is 2.87. The Hall–Kier alpha value is -0.120. The average Bonchev–Trinajstić information content (AvgIpc) is 2.28. The molecule has 0 spiro atoms. The van der Waals surface area contributed by atoms with Crippen LogP contribution in [0.3, 0.4) is 0 Å². The molecule has 0 heterocycles. The molecule has 0 rings (SSSR count). The molecule has 0 amide bonds. The van der Waals surface area contributed by atoms with Crippen molar-refractivity contribution in [1.29, 1.82) is 0 Å². The molecule has 0 aliphatic carbocycles. The predicted octanol–water partition coefficient (Wildman–Crippen LogP) is 2.47. The van der Waals surface area contributed by atoms with Gasteiger partial charge in [0.1, 0.15) is 0 Å². The average molecular weight is 244 g/mol. The van der Waals surface area contributed by atoms with Gasteiger partial charge in [0.2, 0.25) is 0 Å². The molecule has 0 fully saturated rings. The summed E-state index contributed by atoms with van der Waals surface area (Å²) in [7, 11) is 4.37. The largest absolute Gasteiger partial charge is 0.381 e. The first-order valence-corrected chi connectivity index (χ1v) is 7.15. The fourth-order valence-electron chi connectivity index (χ4n) is 1.96. The number of rotatable bonds is 12. The summed E-state index contributed by atoms with van der Waals surface area (Å²) < 4.78 is 5.64. The SMILES string of the molecule is CCCN(C)CCCOCCCN(C)CCC. The summed E-state index contributed by atoms with van der Waals surface area (Å²) in [4.78, 5) is 4.75. The Morgan fingerprint density at radius 3 is 1.47 bits per heavy atom. The van der Waals surface area contributed by atoms with E-state index in [1.165, 1.54) is 25.9 Å². The zero-order chi connectivity index (χ0) is 12.9. The minimum Gasteiger partial charge on any atom is -0.381 e. The lowest BCUT2D eigenvalue weighted by atomic mass is 10.3. The van der Waals surface area contributed by atoms with E-state index in [4.69, 9.17) is 4.74 Å². The Kier molecular flexibility index (Phi) is 12.3. The van der Waals surface area contributed by atoms with Crippen molar-refractivity contribution in [2.24, 2.45) is 0 Å². The molecule has 0 aromatic heterocycles. The maximum absolute atomic E-state index is 5.64. The van der Waals surface area contributed by atoms with E-state index >= 15 is 0 Å². The minimum absolute atomic E-state index is 0.908. The van der Waals surface area contributed by atoms with E-state index in [9.17, 15) is 0 Å². The van der Waals surface area contributed by atoms with Crippen LogP contribution in [0.2, 0.25) is 0 Å². The van der Waals surface area contributed by atoms with Gasteiger partial charge in [0.15, 0.2) is 0 Å². The van der Waals surface area contributed by atoms with Gasteiger partial charge in [-0.3, -0.25) is 0 Å². The second-order valence-corrected chi connectivity index (χ2v) is 4.93. The fourth-order valence-corrected chi connectivity index (χ4v) is 1.96. The molecular weight excluding hydrogens is 212 g/mol. The molecule has 0 aliphatic heterocycles. The van der Waals surface area contributed by atoms with E-state index in [1.54, 1.807) is 0 Å². The van der Waals surface area contributed by atoms with Gasteiger partial charge in [-0.2, -0.15) is 0 Å².